The maximum absolute atomic E-state index is 12.7. The van der Waals surface area contributed by atoms with Gasteiger partial charge in [0.25, 0.3) is 5.91 Å². The minimum atomic E-state index is -1.04. The van der Waals surface area contributed by atoms with Crippen LogP contribution in [0.5, 0.6) is 0 Å². The van der Waals surface area contributed by atoms with E-state index in [-0.39, 0.29) is 30.2 Å². The van der Waals surface area contributed by atoms with Crippen LogP contribution in [0.15, 0.2) is 29.2 Å². The van der Waals surface area contributed by atoms with E-state index >= 15 is 0 Å². The summed E-state index contributed by atoms with van der Waals surface area (Å²) in [5.41, 5.74) is 0.426. The summed E-state index contributed by atoms with van der Waals surface area (Å²) in [5, 5.41) is 11.8. The van der Waals surface area contributed by atoms with Crippen molar-refractivity contribution >= 4 is 29.5 Å². The maximum atomic E-state index is 12.7. The molecule has 0 fully saturated rings. The molecule has 0 aliphatic rings. The molecule has 0 aliphatic heterocycles. The number of carboxylic acid groups (broad SMARTS) is 1. The maximum Gasteiger partial charge on any atom is 0.323 e. The Morgan fingerprint density at radius 2 is 1.92 bits per heavy atom. The fourth-order valence-electron chi connectivity index (χ4n) is 2.13. The van der Waals surface area contributed by atoms with Gasteiger partial charge in [-0.3, -0.25) is 14.4 Å². The van der Waals surface area contributed by atoms with Crippen molar-refractivity contribution in [1.29, 1.82) is 0 Å². The summed E-state index contributed by atoms with van der Waals surface area (Å²) in [4.78, 5) is 37.4. The van der Waals surface area contributed by atoms with Crippen molar-refractivity contribution < 1.29 is 19.5 Å². The highest BCUT2D eigenvalue weighted by atomic mass is 32.2. The van der Waals surface area contributed by atoms with E-state index in [1.54, 1.807) is 24.3 Å². The highest BCUT2D eigenvalue weighted by molar-refractivity contribution is 8.00. The van der Waals surface area contributed by atoms with Gasteiger partial charge in [0, 0.05) is 17.5 Å². The Kier molecular flexibility index (Phi) is 8.32. The van der Waals surface area contributed by atoms with Crippen LogP contribution in [-0.4, -0.2) is 52.7 Å². The summed E-state index contributed by atoms with van der Waals surface area (Å²) < 4.78 is 0. The number of benzene rings is 1. The molecule has 0 atom stereocenters. The molecular weight excluding hydrogens is 328 g/mol. The van der Waals surface area contributed by atoms with Gasteiger partial charge in [-0.2, -0.15) is 0 Å². The van der Waals surface area contributed by atoms with Crippen LogP contribution >= 0.6 is 11.8 Å². The summed E-state index contributed by atoms with van der Waals surface area (Å²) in [6.07, 6.45) is 0.672. The standard InChI is InChI=1S/C17H24N2O4S/c1-4-9-19(10-16(21)22)17(23)13-7-5-6-8-14(13)24-11-15(20)18-12(2)3/h5-8,12H,4,9-11H2,1-3H3,(H,18,20)(H,21,22). The number of aliphatic carboxylic acids is 1. The third-order valence-electron chi connectivity index (χ3n) is 3.03. The average molecular weight is 352 g/mol. The molecule has 6 nitrogen and oxygen atoms in total. The number of nitrogens with one attached hydrogen (secondary N) is 1. The molecule has 2 amide bonds. The lowest BCUT2D eigenvalue weighted by Gasteiger charge is -2.21. The molecule has 7 heteroatoms. The van der Waals surface area contributed by atoms with Crippen molar-refractivity contribution in [3.63, 3.8) is 0 Å². The SMILES string of the molecule is CCCN(CC(=O)O)C(=O)c1ccccc1SCC(=O)NC(C)C. The molecule has 0 bridgehead atoms. The number of amides is 2. The third kappa shape index (κ3) is 6.62. The zero-order valence-corrected chi connectivity index (χ0v) is 15.1. The fraction of sp³-hybridized carbons (Fsp3) is 0.471. The summed E-state index contributed by atoms with van der Waals surface area (Å²) >= 11 is 1.27. The molecule has 0 radical (unpaired) electrons. The topological polar surface area (TPSA) is 86.7 Å². The molecule has 0 saturated heterocycles. The number of carboxylic acids is 1. The number of thioether (sulfide) groups is 1. The lowest BCUT2D eigenvalue weighted by molar-refractivity contribution is -0.137. The predicted molar refractivity (Wildman–Crippen MR) is 94.3 cm³/mol. The highest BCUT2D eigenvalue weighted by Crippen LogP contribution is 2.24. The molecule has 0 unspecified atom stereocenters. The minimum Gasteiger partial charge on any atom is -0.480 e. The Bertz CT molecular complexity index is 590. The number of hydrogen-bond acceptors (Lipinski definition) is 4. The van der Waals surface area contributed by atoms with E-state index in [0.717, 1.165) is 0 Å². The molecule has 0 aromatic heterocycles. The zero-order valence-electron chi connectivity index (χ0n) is 14.2. The van der Waals surface area contributed by atoms with Gasteiger partial charge in [-0.1, -0.05) is 19.1 Å². The van der Waals surface area contributed by atoms with E-state index < -0.39 is 5.97 Å². The first-order valence-corrected chi connectivity index (χ1v) is 8.86. The normalized spacial score (nSPS) is 10.5. The molecule has 1 aromatic rings. The van der Waals surface area contributed by atoms with Crippen LogP contribution in [0.1, 0.15) is 37.6 Å². The van der Waals surface area contributed by atoms with E-state index in [2.05, 4.69) is 5.32 Å². The van der Waals surface area contributed by atoms with E-state index in [4.69, 9.17) is 5.11 Å². The van der Waals surface area contributed by atoms with E-state index in [0.29, 0.717) is 23.4 Å². The third-order valence-corrected chi connectivity index (χ3v) is 4.11. The molecule has 0 saturated carbocycles. The van der Waals surface area contributed by atoms with E-state index in [1.165, 1.54) is 16.7 Å². The largest absolute Gasteiger partial charge is 0.480 e. The molecule has 0 spiro atoms. The molecule has 24 heavy (non-hydrogen) atoms. The molecule has 132 valence electrons. The first kappa shape index (κ1) is 20.0. The summed E-state index contributed by atoms with van der Waals surface area (Å²) in [6, 6.07) is 7.02. The summed E-state index contributed by atoms with van der Waals surface area (Å²) in [5.74, 6) is -1.27. The summed E-state index contributed by atoms with van der Waals surface area (Å²) in [7, 11) is 0. The monoisotopic (exact) mass is 352 g/mol. The van der Waals surface area contributed by atoms with Crippen molar-refractivity contribution in [2.75, 3.05) is 18.8 Å². The lowest BCUT2D eigenvalue weighted by atomic mass is 10.2. The van der Waals surface area contributed by atoms with Gasteiger partial charge in [-0.05, 0) is 32.4 Å². The molecule has 2 N–H and O–H groups in total. The van der Waals surface area contributed by atoms with Gasteiger partial charge in [0.05, 0.1) is 11.3 Å². The van der Waals surface area contributed by atoms with Crippen LogP contribution in [0.4, 0.5) is 0 Å². The van der Waals surface area contributed by atoms with Gasteiger partial charge < -0.3 is 15.3 Å². The van der Waals surface area contributed by atoms with Crippen molar-refractivity contribution in [3.8, 4) is 0 Å². The van der Waals surface area contributed by atoms with Crippen LogP contribution < -0.4 is 5.32 Å². The van der Waals surface area contributed by atoms with Gasteiger partial charge in [0.15, 0.2) is 0 Å². The van der Waals surface area contributed by atoms with Crippen LogP contribution in [0.25, 0.3) is 0 Å². The Morgan fingerprint density at radius 3 is 2.50 bits per heavy atom. The molecule has 1 aromatic carbocycles. The van der Waals surface area contributed by atoms with Crippen LogP contribution in [0.2, 0.25) is 0 Å². The molecule has 1 rings (SSSR count). The van der Waals surface area contributed by atoms with Gasteiger partial charge in [0.1, 0.15) is 6.54 Å². The second kappa shape index (κ2) is 9.97. The van der Waals surface area contributed by atoms with Crippen molar-refractivity contribution in [2.45, 2.75) is 38.1 Å². The number of carbonyl (C=O) groups excluding carboxylic acids is 2. The highest BCUT2D eigenvalue weighted by Gasteiger charge is 2.20. The Balaban J connectivity index is 2.88. The van der Waals surface area contributed by atoms with E-state index in [9.17, 15) is 14.4 Å². The van der Waals surface area contributed by atoms with Gasteiger partial charge in [-0.25, -0.2) is 0 Å². The first-order valence-electron chi connectivity index (χ1n) is 7.87. The van der Waals surface area contributed by atoms with Crippen molar-refractivity contribution in [1.82, 2.24) is 10.2 Å². The van der Waals surface area contributed by atoms with Crippen LogP contribution in [0.3, 0.4) is 0 Å². The first-order chi connectivity index (χ1) is 11.3. The minimum absolute atomic E-state index is 0.0607. The van der Waals surface area contributed by atoms with Gasteiger partial charge in [0.2, 0.25) is 5.91 Å². The van der Waals surface area contributed by atoms with Crippen LogP contribution in [0, 0.1) is 0 Å². The molecule has 0 heterocycles. The molecule has 0 aliphatic carbocycles. The predicted octanol–water partition coefficient (Wildman–Crippen LogP) is 2.24. The fourth-order valence-corrected chi connectivity index (χ4v) is 2.99. The Labute approximate surface area is 146 Å². The second-order valence-electron chi connectivity index (χ2n) is 5.63. The Hall–Kier alpha value is -2.02. The molecular formula is C17H24N2O4S. The summed E-state index contributed by atoms with van der Waals surface area (Å²) in [6.45, 7) is 5.69. The van der Waals surface area contributed by atoms with E-state index in [1.807, 2.05) is 20.8 Å². The number of carbonyl (C=O) groups is 3. The smallest absolute Gasteiger partial charge is 0.323 e. The quantitative estimate of drug-likeness (QED) is 0.666. The number of nitrogens with zero attached hydrogens (tertiary/aromatic N) is 1. The van der Waals surface area contributed by atoms with Gasteiger partial charge in [-0.15, -0.1) is 11.8 Å². The zero-order chi connectivity index (χ0) is 18.1. The van der Waals surface area contributed by atoms with Crippen molar-refractivity contribution in [3.05, 3.63) is 29.8 Å². The average Bonchev–Trinajstić information content (AvgIpc) is 2.51. The number of hydrogen-bond donors (Lipinski definition) is 2. The lowest BCUT2D eigenvalue weighted by Crippen LogP contribution is -2.36. The van der Waals surface area contributed by atoms with Gasteiger partial charge >= 0.3 is 5.97 Å². The van der Waals surface area contributed by atoms with Crippen LogP contribution in [-0.2, 0) is 9.59 Å². The number of rotatable bonds is 9. The van der Waals surface area contributed by atoms with Crippen molar-refractivity contribution in [2.24, 2.45) is 0 Å². The second-order valence-corrected chi connectivity index (χ2v) is 6.64. The Morgan fingerprint density at radius 1 is 1.25 bits per heavy atom.